The number of thiophene rings is 1. The summed E-state index contributed by atoms with van der Waals surface area (Å²) in [5.74, 6) is 0.736. The van der Waals surface area contributed by atoms with Gasteiger partial charge in [-0.05, 0) is 46.6 Å². The van der Waals surface area contributed by atoms with E-state index in [0.717, 1.165) is 20.5 Å². The van der Waals surface area contributed by atoms with Crippen LogP contribution in [0.4, 0.5) is 0 Å². The average Bonchev–Trinajstić information content (AvgIpc) is 2.74. The first kappa shape index (κ1) is 11.2. The Morgan fingerprint density at radius 3 is 2.73 bits per heavy atom. The van der Waals surface area contributed by atoms with Crippen LogP contribution < -0.4 is 5.73 Å². The van der Waals surface area contributed by atoms with Gasteiger partial charge >= 0.3 is 0 Å². The smallest absolute Gasteiger partial charge is 0.169 e. The molecule has 0 spiro atoms. The van der Waals surface area contributed by atoms with Crippen molar-refractivity contribution in [1.82, 2.24) is 0 Å². The van der Waals surface area contributed by atoms with Crippen molar-refractivity contribution in [3.8, 4) is 0 Å². The lowest BCUT2D eigenvalue weighted by Crippen LogP contribution is -2.08. The van der Waals surface area contributed by atoms with Gasteiger partial charge in [-0.2, -0.15) is 0 Å². The summed E-state index contributed by atoms with van der Waals surface area (Å²) in [7, 11) is 0. The van der Waals surface area contributed by atoms with Crippen molar-refractivity contribution in [2.45, 2.75) is 13.0 Å². The van der Waals surface area contributed by atoms with E-state index in [2.05, 4.69) is 15.9 Å². The first-order valence-corrected chi connectivity index (χ1v) is 6.33. The fourth-order valence-electron chi connectivity index (χ4n) is 1.27. The molecule has 2 nitrogen and oxygen atoms in total. The predicted molar refractivity (Wildman–Crippen MR) is 66.5 cm³/mol. The molecule has 2 N–H and O–H groups in total. The zero-order valence-corrected chi connectivity index (χ0v) is 11.1. The van der Waals surface area contributed by atoms with Crippen molar-refractivity contribution in [3.63, 3.8) is 0 Å². The van der Waals surface area contributed by atoms with E-state index in [-0.39, 0.29) is 6.04 Å². The molecule has 0 radical (unpaired) electrons. The Bertz CT molecular complexity index is 460. The molecule has 0 aliphatic carbocycles. The molecule has 0 aliphatic heterocycles. The maximum Gasteiger partial charge on any atom is 0.169 e. The van der Waals surface area contributed by atoms with Crippen LogP contribution in [-0.2, 0) is 0 Å². The van der Waals surface area contributed by atoms with Crippen LogP contribution in [0.1, 0.15) is 22.2 Å². The topological polar surface area (TPSA) is 39.2 Å². The monoisotopic (exact) mass is 305 g/mol. The Kier molecular flexibility index (Phi) is 3.21. The number of nitrogens with two attached hydrogens (primary N) is 1. The van der Waals surface area contributed by atoms with E-state index >= 15 is 0 Å². The molecule has 80 valence electrons. The van der Waals surface area contributed by atoms with Crippen LogP contribution >= 0.6 is 38.9 Å². The average molecular weight is 307 g/mol. The Morgan fingerprint density at radius 1 is 1.53 bits per heavy atom. The molecule has 2 aromatic rings. The van der Waals surface area contributed by atoms with Gasteiger partial charge < -0.3 is 10.2 Å². The SMILES string of the molecule is Cc1cc(C(N)c2ccc(Br)o2)sc1Cl. The van der Waals surface area contributed by atoms with Crippen LogP contribution in [0.3, 0.4) is 0 Å². The minimum atomic E-state index is -0.243. The second kappa shape index (κ2) is 4.29. The molecular formula is C10H9BrClNOS. The summed E-state index contributed by atoms with van der Waals surface area (Å²) in [4.78, 5) is 1.01. The summed E-state index contributed by atoms with van der Waals surface area (Å²) in [6, 6.07) is 5.44. The maximum atomic E-state index is 6.05. The molecule has 0 aliphatic rings. The molecule has 0 aromatic carbocycles. The fraction of sp³-hybridized carbons (Fsp3) is 0.200. The molecule has 2 rings (SSSR count). The summed E-state index contributed by atoms with van der Waals surface area (Å²) >= 11 is 10.7. The molecule has 0 amide bonds. The Hall–Kier alpha value is -0.290. The van der Waals surface area contributed by atoms with Gasteiger partial charge in [0.2, 0.25) is 0 Å². The van der Waals surface area contributed by atoms with Crippen LogP contribution in [0.15, 0.2) is 27.3 Å². The third-order valence-electron chi connectivity index (χ3n) is 2.08. The summed E-state index contributed by atoms with van der Waals surface area (Å²) in [6.45, 7) is 1.97. The highest BCUT2D eigenvalue weighted by atomic mass is 79.9. The highest BCUT2D eigenvalue weighted by Gasteiger charge is 2.16. The van der Waals surface area contributed by atoms with E-state index in [1.165, 1.54) is 11.3 Å². The number of halogens is 2. The van der Waals surface area contributed by atoms with E-state index in [4.69, 9.17) is 21.8 Å². The van der Waals surface area contributed by atoms with Crippen LogP contribution in [0.2, 0.25) is 4.34 Å². The van der Waals surface area contributed by atoms with Gasteiger partial charge in [0.15, 0.2) is 4.67 Å². The number of hydrogen-bond acceptors (Lipinski definition) is 3. The zero-order chi connectivity index (χ0) is 11.0. The molecule has 15 heavy (non-hydrogen) atoms. The van der Waals surface area contributed by atoms with E-state index < -0.39 is 0 Å². The molecule has 0 saturated heterocycles. The van der Waals surface area contributed by atoms with Gasteiger partial charge in [0.05, 0.1) is 10.4 Å². The third kappa shape index (κ3) is 2.28. The molecule has 1 unspecified atom stereocenters. The number of aryl methyl sites for hydroxylation is 1. The second-order valence-corrected chi connectivity index (χ2v) is 5.69. The highest BCUT2D eigenvalue weighted by Crippen LogP contribution is 2.33. The van der Waals surface area contributed by atoms with Gasteiger partial charge in [0, 0.05) is 4.88 Å². The zero-order valence-electron chi connectivity index (χ0n) is 7.96. The maximum absolute atomic E-state index is 6.05. The summed E-state index contributed by atoms with van der Waals surface area (Å²) in [5.41, 5.74) is 7.10. The first-order valence-electron chi connectivity index (χ1n) is 4.34. The molecular weight excluding hydrogens is 298 g/mol. The van der Waals surface area contributed by atoms with E-state index in [9.17, 15) is 0 Å². The van der Waals surface area contributed by atoms with Gasteiger partial charge in [-0.25, -0.2) is 0 Å². The minimum absolute atomic E-state index is 0.243. The number of rotatable bonds is 2. The van der Waals surface area contributed by atoms with Gasteiger partial charge in [0.25, 0.3) is 0 Å². The van der Waals surface area contributed by atoms with Crippen molar-refractivity contribution in [1.29, 1.82) is 0 Å². The van der Waals surface area contributed by atoms with Gasteiger partial charge in [0.1, 0.15) is 5.76 Å². The van der Waals surface area contributed by atoms with Gasteiger partial charge in [-0.1, -0.05) is 11.6 Å². The van der Waals surface area contributed by atoms with Crippen molar-refractivity contribution in [2.75, 3.05) is 0 Å². The highest BCUT2D eigenvalue weighted by molar-refractivity contribution is 9.10. The molecule has 0 saturated carbocycles. The van der Waals surface area contributed by atoms with Crippen LogP contribution in [0.25, 0.3) is 0 Å². The first-order chi connectivity index (χ1) is 7.08. The number of hydrogen-bond donors (Lipinski definition) is 1. The normalized spacial score (nSPS) is 13.1. The predicted octanol–water partition coefficient (Wildman–Crippen LogP) is 4.11. The van der Waals surface area contributed by atoms with Crippen LogP contribution in [0, 0.1) is 6.92 Å². The lowest BCUT2D eigenvalue weighted by Gasteiger charge is -2.04. The van der Waals surface area contributed by atoms with E-state index in [1.54, 1.807) is 0 Å². The van der Waals surface area contributed by atoms with Crippen molar-refractivity contribution < 1.29 is 4.42 Å². The lowest BCUT2D eigenvalue weighted by molar-refractivity contribution is 0.472. The lowest BCUT2D eigenvalue weighted by atomic mass is 10.2. The Labute approximate surface area is 105 Å². The number of furan rings is 1. The molecule has 0 fully saturated rings. The molecule has 1 atom stereocenters. The molecule has 2 heterocycles. The van der Waals surface area contributed by atoms with Crippen molar-refractivity contribution in [3.05, 3.63) is 43.4 Å². The van der Waals surface area contributed by atoms with Crippen LogP contribution in [0.5, 0.6) is 0 Å². The van der Waals surface area contributed by atoms with Crippen molar-refractivity contribution in [2.24, 2.45) is 5.73 Å². The minimum Gasteiger partial charge on any atom is -0.452 e. The Balaban J connectivity index is 2.31. The second-order valence-electron chi connectivity index (χ2n) is 3.23. The van der Waals surface area contributed by atoms with E-state index in [0.29, 0.717) is 4.67 Å². The summed E-state index contributed by atoms with van der Waals surface area (Å²) < 4.78 is 6.87. The Morgan fingerprint density at radius 2 is 2.27 bits per heavy atom. The van der Waals surface area contributed by atoms with Crippen molar-refractivity contribution >= 4 is 38.9 Å². The summed E-state index contributed by atoms with van der Waals surface area (Å²) in [5, 5.41) is 0. The largest absolute Gasteiger partial charge is 0.452 e. The fourth-order valence-corrected chi connectivity index (χ4v) is 2.82. The van der Waals surface area contributed by atoms with Gasteiger partial charge in [-0.15, -0.1) is 11.3 Å². The van der Waals surface area contributed by atoms with E-state index in [1.807, 2.05) is 25.1 Å². The van der Waals surface area contributed by atoms with Crippen LogP contribution in [-0.4, -0.2) is 0 Å². The molecule has 0 bridgehead atoms. The van der Waals surface area contributed by atoms with Gasteiger partial charge in [-0.3, -0.25) is 0 Å². The molecule has 2 aromatic heterocycles. The summed E-state index contributed by atoms with van der Waals surface area (Å²) in [6.07, 6.45) is 0. The quantitative estimate of drug-likeness (QED) is 0.906. The molecule has 5 heteroatoms. The third-order valence-corrected chi connectivity index (χ3v) is 4.15. The standard InChI is InChI=1S/C10H9BrClNOS/c1-5-4-7(15-10(5)12)9(13)6-2-3-8(11)14-6/h2-4,9H,13H2,1H3.